The van der Waals surface area contributed by atoms with Crippen molar-refractivity contribution >= 4 is 29.8 Å². The van der Waals surface area contributed by atoms with Gasteiger partial charge in [-0.2, -0.15) is 0 Å². The van der Waals surface area contributed by atoms with E-state index in [0.29, 0.717) is 0 Å². The Hall–Kier alpha value is -1.11. The van der Waals surface area contributed by atoms with Crippen LogP contribution >= 0.6 is 19.8 Å². The number of hydrogen-bond acceptors (Lipinski definition) is 3. The number of halogens is 1. The van der Waals surface area contributed by atoms with E-state index in [4.69, 9.17) is 4.74 Å². The maximum absolute atomic E-state index is 12.5. The van der Waals surface area contributed by atoms with E-state index in [2.05, 4.69) is 13.8 Å². The van der Waals surface area contributed by atoms with Crippen molar-refractivity contribution in [1.82, 2.24) is 4.90 Å². The molecule has 5 heteroatoms. The Morgan fingerprint density at radius 3 is 2.50 bits per heavy atom. The van der Waals surface area contributed by atoms with E-state index in [9.17, 15) is 9.59 Å². The van der Waals surface area contributed by atoms with Crippen LogP contribution in [0.1, 0.15) is 32.4 Å². The first-order valence-electron chi connectivity index (χ1n) is 6.66. The molecule has 0 saturated carbocycles. The van der Waals surface area contributed by atoms with Gasteiger partial charge in [0, 0.05) is 0 Å². The number of amides is 2. The summed E-state index contributed by atoms with van der Waals surface area (Å²) in [7, 11) is 0. The molecule has 0 N–H and O–H groups in total. The standard InChI is InChI=1S/C15H18INO3/c1-10-12(11-7-5-4-6-8-11)20-14(19)17(10)13(18)16-9-15(16,2)3/h4-8,10,12H,9H2,1-3H3. The van der Waals surface area contributed by atoms with Gasteiger partial charge in [-0.25, -0.2) is 0 Å². The van der Waals surface area contributed by atoms with Gasteiger partial charge in [0.2, 0.25) is 0 Å². The SMILES string of the molecule is CC1C(c2ccccc2)OC(=O)N1C(=O)I1CC1(C)C. The molecule has 2 saturated heterocycles. The van der Waals surface area contributed by atoms with Crippen LogP contribution in [0.2, 0.25) is 0 Å². The Balaban J connectivity index is 1.81. The number of alkyl halides is 2. The first-order valence-corrected chi connectivity index (χ1v) is 10.3. The van der Waals surface area contributed by atoms with Gasteiger partial charge < -0.3 is 0 Å². The van der Waals surface area contributed by atoms with Gasteiger partial charge in [0.1, 0.15) is 0 Å². The third kappa shape index (κ3) is 2.21. The second-order valence-corrected chi connectivity index (χ2v) is 12.5. The summed E-state index contributed by atoms with van der Waals surface area (Å²) in [5.41, 5.74) is 0.947. The van der Waals surface area contributed by atoms with Gasteiger partial charge in [0.15, 0.2) is 0 Å². The van der Waals surface area contributed by atoms with E-state index in [1.807, 2.05) is 37.3 Å². The second kappa shape index (κ2) is 4.72. The number of hydrogen-bond donors (Lipinski definition) is 0. The van der Waals surface area contributed by atoms with Gasteiger partial charge in [-0.15, -0.1) is 0 Å². The quantitative estimate of drug-likeness (QED) is 0.334. The number of carbonyl (C=O) groups excluding carboxylic acids is 2. The van der Waals surface area contributed by atoms with Crippen LogP contribution in [0.25, 0.3) is 0 Å². The average Bonchev–Trinajstić information content (AvgIpc) is 2.95. The molecular formula is C15H18INO3. The first-order chi connectivity index (χ1) is 9.42. The monoisotopic (exact) mass is 387 g/mol. The zero-order valence-electron chi connectivity index (χ0n) is 11.8. The van der Waals surface area contributed by atoms with Crippen molar-refractivity contribution in [3.8, 4) is 0 Å². The van der Waals surface area contributed by atoms with Gasteiger partial charge in [-0.05, 0) is 0 Å². The van der Waals surface area contributed by atoms with E-state index in [1.54, 1.807) is 0 Å². The normalized spacial score (nSPS) is 29.2. The van der Waals surface area contributed by atoms with Gasteiger partial charge >= 0.3 is 126 Å². The predicted octanol–water partition coefficient (Wildman–Crippen LogP) is 3.99. The summed E-state index contributed by atoms with van der Waals surface area (Å²) >= 11 is -1.67. The van der Waals surface area contributed by atoms with Crippen LogP contribution in [0.3, 0.4) is 0 Å². The Morgan fingerprint density at radius 1 is 1.35 bits per heavy atom. The molecule has 2 fully saturated rings. The summed E-state index contributed by atoms with van der Waals surface area (Å²) < 4.78 is 6.67. The van der Waals surface area contributed by atoms with E-state index in [0.717, 1.165) is 9.99 Å². The van der Waals surface area contributed by atoms with Crippen molar-refractivity contribution in [2.75, 3.05) is 4.43 Å². The third-order valence-corrected chi connectivity index (χ3v) is 11.1. The molecule has 4 nitrogen and oxygen atoms in total. The van der Waals surface area contributed by atoms with Gasteiger partial charge in [-0.1, -0.05) is 0 Å². The maximum atomic E-state index is 12.5. The molecule has 2 heterocycles. The molecule has 0 spiro atoms. The van der Waals surface area contributed by atoms with Crippen LogP contribution in [0.15, 0.2) is 30.3 Å². The number of carbonyl (C=O) groups is 2. The van der Waals surface area contributed by atoms with Crippen LogP contribution < -0.4 is 0 Å². The minimum atomic E-state index is -1.67. The molecule has 20 heavy (non-hydrogen) atoms. The molecule has 0 aromatic heterocycles. The second-order valence-electron chi connectivity index (χ2n) is 5.79. The fourth-order valence-corrected chi connectivity index (χ4v) is 7.94. The number of benzene rings is 1. The van der Waals surface area contributed by atoms with Crippen molar-refractivity contribution in [3.63, 3.8) is 0 Å². The van der Waals surface area contributed by atoms with Crippen molar-refractivity contribution < 1.29 is 14.3 Å². The molecule has 2 amide bonds. The molecule has 2 atom stereocenters. The van der Waals surface area contributed by atoms with Gasteiger partial charge in [0.25, 0.3) is 0 Å². The molecule has 1 aromatic rings. The molecule has 1 aromatic carbocycles. The molecule has 2 aliphatic rings. The van der Waals surface area contributed by atoms with E-state index in [-0.39, 0.29) is 19.5 Å². The minimum absolute atomic E-state index is 0.0649. The zero-order valence-corrected chi connectivity index (χ0v) is 14.0. The van der Waals surface area contributed by atoms with Crippen LogP contribution in [0.5, 0.6) is 0 Å². The van der Waals surface area contributed by atoms with Crippen LogP contribution in [0.4, 0.5) is 9.59 Å². The average molecular weight is 387 g/mol. The predicted molar refractivity (Wildman–Crippen MR) is 85.3 cm³/mol. The number of imide groups is 1. The summed E-state index contributed by atoms with van der Waals surface area (Å²) in [5, 5.41) is 0. The third-order valence-electron chi connectivity index (χ3n) is 3.77. The van der Waals surface area contributed by atoms with Crippen molar-refractivity contribution in [3.05, 3.63) is 35.9 Å². The summed E-state index contributed by atoms with van der Waals surface area (Å²) in [6.07, 6.45) is -0.817. The number of rotatable bonds is 2. The van der Waals surface area contributed by atoms with Crippen molar-refractivity contribution in [1.29, 1.82) is 0 Å². The topological polar surface area (TPSA) is 46.6 Å². The van der Waals surface area contributed by atoms with Crippen LogP contribution in [-0.2, 0) is 4.74 Å². The Kier molecular flexibility index (Phi) is 3.27. The molecule has 2 unspecified atom stereocenters. The summed E-state index contributed by atoms with van der Waals surface area (Å²) in [6.45, 7) is 6.14. The molecule has 108 valence electrons. The molecule has 2 aliphatic heterocycles. The summed E-state index contributed by atoms with van der Waals surface area (Å²) in [5.74, 6) is 0. The summed E-state index contributed by atoms with van der Waals surface area (Å²) in [6, 6.07) is 9.41. The van der Waals surface area contributed by atoms with E-state index in [1.165, 1.54) is 4.90 Å². The van der Waals surface area contributed by atoms with Crippen LogP contribution in [-0.4, -0.2) is 28.8 Å². The zero-order chi connectivity index (χ0) is 14.5. The van der Waals surface area contributed by atoms with Crippen molar-refractivity contribution in [2.45, 2.75) is 36.3 Å². The fourth-order valence-electron chi connectivity index (χ4n) is 2.47. The molecule has 3 rings (SSSR count). The van der Waals surface area contributed by atoms with Gasteiger partial charge in [0.05, 0.1) is 0 Å². The molecule has 0 aliphatic carbocycles. The first kappa shape index (κ1) is 13.9. The van der Waals surface area contributed by atoms with E-state index >= 15 is 0 Å². The Bertz CT molecular complexity index is 557. The number of nitrogens with zero attached hydrogens (tertiary/aromatic N) is 1. The molecular weight excluding hydrogens is 369 g/mol. The van der Waals surface area contributed by atoms with Crippen LogP contribution in [0, 0.1) is 0 Å². The molecule has 0 radical (unpaired) electrons. The molecule has 0 bridgehead atoms. The van der Waals surface area contributed by atoms with Crippen molar-refractivity contribution in [2.24, 2.45) is 0 Å². The summed E-state index contributed by atoms with van der Waals surface area (Å²) in [4.78, 5) is 25.9. The van der Waals surface area contributed by atoms with Gasteiger partial charge in [-0.3, -0.25) is 0 Å². The fraction of sp³-hybridized carbons (Fsp3) is 0.467. The Morgan fingerprint density at radius 2 is 1.95 bits per heavy atom. The van der Waals surface area contributed by atoms with E-state index < -0.39 is 25.9 Å². The number of ether oxygens (including phenoxy) is 1. The Labute approximate surface area is 125 Å². The number of cyclic esters (lactones) is 1.